The number of amides is 1. The van der Waals surface area contributed by atoms with E-state index in [1.807, 2.05) is 6.07 Å². The molecule has 1 aromatic carbocycles. The van der Waals surface area contributed by atoms with Crippen molar-refractivity contribution in [3.8, 4) is 17.6 Å². The maximum atomic E-state index is 12.0. The summed E-state index contributed by atoms with van der Waals surface area (Å²) in [6.45, 7) is 3.74. The second kappa shape index (κ2) is 10.3. The maximum absolute atomic E-state index is 12.0. The lowest BCUT2D eigenvalue weighted by molar-refractivity contribution is -0.145. The third-order valence-electron chi connectivity index (χ3n) is 3.04. The van der Waals surface area contributed by atoms with E-state index in [1.54, 1.807) is 34.0 Å². The van der Waals surface area contributed by atoms with Crippen molar-refractivity contribution < 1.29 is 23.8 Å². The Morgan fingerprint density at radius 3 is 2.46 bits per heavy atom. The van der Waals surface area contributed by atoms with Gasteiger partial charge in [-0.25, -0.2) is 4.79 Å². The molecule has 0 fully saturated rings. The number of likely N-dealkylation sites (N-methyl/N-ethyl adjacent to an activating group) is 1. The van der Waals surface area contributed by atoms with E-state index < -0.39 is 11.9 Å². The molecule has 0 N–H and O–H groups in total. The highest BCUT2D eigenvalue weighted by molar-refractivity contribution is 6.32. The average molecular weight is 381 g/mol. The first-order chi connectivity index (χ1) is 12.3. The van der Waals surface area contributed by atoms with Crippen LogP contribution in [0.5, 0.6) is 11.5 Å². The van der Waals surface area contributed by atoms with E-state index in [0.717, 1.165) is 0 Å². The van der Waals surface area contributed by atoms with Crippen molar-refractivity contribution in [1.82, 2.24) is 4.90 Å². The lowest BCUT2D eigenvalue weighted by Gasteiger charge is -2.14. The van der Waals surface area contributed by atoms with Crippen LogP contribution >= 0.6 is 11.6 Å². The van der Waals surface area contributed by atoms with Crippen LogP contribution in [0.3, 0.4) is 0 Å². The fourth-order valence-corrected chi connectivity index (χ4v) is 2.23. The van der Waals surface area contributed by atoms with Crippen molar-refractivity contribution >= 4 is 29.6 Å². The highest BCUT2D eigenvalue weighted by Gasteiger charge is 2.16. The van der Waals surface area contributed by atoms with Gasteiger partial charge in [0.15, 0.2) is 18.1 Å². The monoisotopic (exact) mass is 380 g/mol. The Balaban J connectivity index is 3.20. The zero-order valence-corrected chi connectivity index (χ0v) is 15.9. The lowest BCUT2D eigenvalue weighted by atomic mass is 10.1. The Kier molecular flexibility index (Phi) is 8.46. The van der Waals surface area contributed by atoms with Gasteiger partial charge in [-0.2, -0.15) is 5.26 Å². The maximum Gasteiger partial charge on any atom is 0.344 e. The highest BCUT2D eigenvalue weighted by Crippen LogP contribution is 2.37. The number of esters is 1. The van der Waals surface area contributed by atoms with Gasteiger partial charge in [0.25, 0.3) is 5.91 Å². The smallest absolute Gasteiger partial charge is 0.344 e. The number of carbonyl (C=O) groups is 2. The topological polar surface area (TPSA) is 88.9 Å². The fraction of sp³-hybridized carbons (Fsp3) is 0.389. The van der Waals surface area contributed by atoms with E-state index in [1.165, 1.54) is 17.0 Å². The van der Waals surface area contributed by atoms with Crippen LogP contribution in [0, 0.1) is 11.3 Å². The molecular formula is C18H21ClN2O5. The first-order valence-corrected chi connectivity index (χ1v) is 8.30. The van der Waals surface area contributed by atoms with Crippen LogP contribution in [0.2, 0.25) is 5.02 Å². The van der Waals surface area contributed by atoms with Crippen LogP contribution in [0.1, 0.15) is 19.4 Å². The van der Waals surface area contributed by atoms with Crippen molar-refractivity contribution in [3.05, 3.63) is 28.3 Å². The van der Waals surface area contributed by atoms with Gasteiger partial charge in [0.2, 0.25) is 0 Å². The summed E-state index contributed by atoms with van der Waals surface area (Å²) in [5, 5.41) is 9.37. The molecule has 0 aromatic heterocycles. The number of nitrogens with zero attached hydrogens (tertiary/aromatic N) is 2. The van der Waals surface area contributed by atoms with Crippen LogP contribution in [-0.4, -0.2) is 50.7 Å². The molecule has 1 aromatic rings. The summed E-state index contributed by atoms with van der Waals surface area (Å²) >= 11 is 6.23. The van der Waals surface area contributed by atoms with E-state index in [9.17, 15) is 14.9 Å². The van der Waals surface area contributed by atoms with Crippen molar-refractivity contribution in [2.75, 3.05) is 33.9 Å². The first-order valence-electron chi connectivity index (χ1n) is 7.92. The van der Waals surface area contributed by atoms with Crippen molar-refractivity contribution in [2.24, 2.45) is 0 Å². The van der Waals surface area contributed by atoms with Crippen LogP contribution in [0.25, 0.3) is 6.08 Å². The number of ether oxygens (including phenoxy) is 3. The van der Waals surface area contributed by atoms with E-state index >= 15 is 0 Å². The summed E-state index contributed by atoms with van der Waals surface area (Å²) < 4.78 is 15.7. The Morgan fingerprint density at radius 1 is 1.23 bits per heavy atom. The number of benzene rings is 1. The predicted molar refractivity (Wildman–Crippen MR) is 97.0 cm³/mol. The van der Waals surface area contributed by atoms with E-state index in [-0.39, 0.29) is 29.6 Å². The Labute approximate surface area is 157 Å². The summed E-state index contributed by atoms with van der Waals surface area (Å²) in [6, 6.07) is 4.96. The second-order valence-electron chi connectivity index (χ2n) is 5.23. The van der Waals surface area contributed by atoms with E-state index in [2.05, 4.69) is 0 Å². The number of carbonyl (C=O) groups excluding carboxylic acids is 2. The molecule has 0 atom stereocenters. The van der Waals surface area contributed by atoms with E-state index in [0.29, 0.717) is 17.9 Å². The van der Waals surface area contributed by atoms with Gasteiger partial charge >= 0.3 is 5.97 Å². The van der Waals surface area contributed by atoms with E-state index in [4.69, 9.17) is 25.8 Å². The van der Waals surface area contributed by atoms with Gasteiger partial charge in [-0.3, -0.25) is 4.79 Å². The molecule has 0 aliphatic rings. The molecule has 0 bridgehead atoms. The third-order valence-corrected chi connectivity index (χ3v) is 3.32. The molecule has 0 heterocycles. The SMILES string of the molecule is CCOC(=O)COc1c(Cl)cc(/C=C(/C#N)C(=O)N(C)C)cc1OCC. The zero-order chi connectivity index (χ0) is 19.7. The van der Waals surface area contributed by atoms with Crippen molar-refractivity contribution in [2.45, 2.75) is 13.8 Å². The molecule has 0 aliphatic carbocycles. The molecule has 0 saturated heterocycles. The minimum atomic E-state index is -0.529. The molecular weight excluding hydrogens is 360 g/mol. The molecule has 1 rings (SSSR count). The average Bonchev–Trinajstić information content (AvgIpc) is 2.58. The first kappa shape index (κ1) is 21.3. The Bertz CT molecular complexity index is 738. The van der Waals surface area contributed by atoms with Gasteiger partial charge in [0.1, 0.15) is 11.6 Å². The standard InChI is InChI=1S/C18H21ClN2O5/c1-5-24-15-9-12(7-13(10-20)18(23)21(3)4)8-14(19)17(15)26-11-16(22)25-6-2/h7-9H,5-6,11H2,1-4H3/b13-7-. The summed E-state index contributed by atoms with van der Waals surface area (Å²) in [5.41, 5.74) is 0.447. The van der Waals surface area contributed by atoms with Crippen molar-refractivity contribution in [1.29, 1.82) is 5.26 Å². The molecule has 0 spiro atoms. The van der Waals surface area contributed by atoms with Gasteiger partial charge in [-0.15, -0.1) is 0 Å². The number of hydrogen-bond donors (Lipinski definition) is 0. The second-order valence-corrected chi connectivity index (χ2v) is 5.63. The molecule has 0 saturated carbocycles. The normalized spacial score (nSPS) is 10.7. The number of hydrogen-bond acceptors (Lipinski definition) is 6. The number of nitriles is 1. The Hall–Kier alpha value is -2.72. The van der Waals surface area contributed by atoms with Crippen LogP contribution in [-0.2, 0) is 14.3 Å². The van der Waals surface area contributed by atoms with Crippen molar-refractivity contribution in [3.63, 3.8) is 0 Å². The van der Waals surface area contributed by atoms with Gasteiger partial charge < -0.3 is 19.1 Å². The largest absolute Gasteiger partial charge is 0.490 e. The molecule has 7 nitrogen and oxygen atoms in total. The van der Waals surface area contributed by atoms with Gasteiger partial charge in [-0.05, 0) is 37.6 Å². The molecule has 8 heteroatoms. The van der Waals surface area contributed by atoms with Gasteiger partial charge in [0.05, 0.1) is 18.2 Å². The predicted octanol–water partition coefficient (Wildman–Crippen LogP) is 2.68. The quantitative estimate of drug-likeness (QED) is 0.391. The molecule has 140 valence electrons. The minimum Gasteiger partial charge on any atom is -0.490 e. The third kappa shape index (κ3) is 5.97. The molecule has 0 radical (unpaired) electrons. The zero-order valence-electron chi connectivity index (χ0n) is 15.2. The van der Waals surface area contributed by atoms with Gasteiger partial charge in [-0.1, -0.05) is 11.6 Å². The van der Waals surface area contributed by atoms with Gasteiger partial charge in [0, 0.05) is 14.1 Å². The number of rotatable bonds is 8. The van der Waals surface area contributed by atoms with Crippen LogP contribution in [0.15, 0.2) is 17.7 Å². The summed E-state index contributed by atoms with van der Waals surface area (Å²) in [7, 11) is 3.11. The van der Waals surface area contributed by atoms with Crippen LogP contribution < -0.4 is 9.47 Å². The summed E-state index contributed by atoms with van der Waals surface area (Å²) in [6.07, 6.45) is 1.41. The Morgan fingerprint density at radius 2 is 1.92 bits per heavy atom. The molecule has 26 heavy (non-hydrogen) atoms. The minimum absolute atomic E-state index is 0.0475. The summed E-state index contributed by atoms with van der Waals surface area (Å²) in [4.78, 5) is 24.7. The number of halogens is 1. The molecule has 1 amide bonds. The molecule has 0 aliphatic heterocycles. The molecule has 0 unspecified atom stereocenters. The fourth-order valence-electron chi connectivity index (χ4n) is 1.96. The van der Waals surface area contributed by atoms with Crippen LogP contribution in [0.4, 0.5) is 0 Å². The highest BCUT2D eigenvalue weighted by atomic mass is 35.5. The lowest BCUT2D eigenvalue weighted by Crippen LogP contribution is -2.22. The summed E-state index contributed by atoms with van der Waals surface area (Å²) in [5.74, 6) is -0.469.